The van der Waals surface area contributed by atoms with Crippen LogP contribution in [0.15, 0.2) is 41.3 Å². The number of hydrogen-bond acceptors (Lipinski definition) is 4. The second kappa shape index (κ2) is 8.55. The van der Waals surface area contributed by atoms with E-state index in [2.05, 4.69) is 0 Å². The van der Waals surface area contributed by atoms with Crippen molar-refractivity contribution in [1.29, 1.82) is 0 Å². The maximum Gasteiger partial charge on any atom is 0.260 e. The molecular formula is C22H28N2O4S. The number of rotatable bonds is 5. The zero-order chi connectivity index (χ0) is 21.2. The second-order valence-corrected chi connectivity index (χ2v) is 9.49. The lowest BCUT2D eigenvalue weighted by molar-refractivity contribution is -0.134. The molecule has 29 heavy (non-hydrogen) atoms. The van der Waals surface area contributed by atoms with Crippen LogP contribution in [0.3, 0.4) is 0 Å². The largest absolute Gasteiger partial charge is 0.484 e. The molecule has 3 rings (SSSR count). The number of nitrogens with zero attached hydrogens (tertiary/aromatic N) is 2. The third-order valence-corrected chi connectivity index (χ3v) is 7.35. The lowest BCUT2D eigenvalue weighted by atomic mass is 10.1. The molecule has 1 heterocycles. The maximum absolute atomic E-state index is 13.2. The molecule has 1 amide bonds. The first-order valence-corrected chi connectivity index (χ1v) is 11.2. The van der Waals surface area contributed by atoms with Gasteiger partial charge in [-0.25, -0.2) is 8.42 Å². The molecule has 0 bridgehead atoms. The summed E-state index contributed by atoms with van der Waals surface area (Å²) in [6, 6.07) is 11.3. The molecule has 0 radical (unpaired) electrons. The van der Waals surface area contributed by atoms with E-state index in [-0.39, 0.29) is 25.6 Å². The van der Waals surface area contributed by atoms with Crippen molar-refractivity contribution in [2.45, 2.75) is 32.6 Å². The van der Waals surface area contributed by atoms with Crippen LogP contribution in [0.25, 0.3) is 0 Å². The highest BCUT2D eigenvalue weighted by atomic mass is 32.2. The fourth-order valence-corrected chi connectivity index (χ4v) is 5.66. The Balaban J connectivity index is 1.62. The molecule has 0 atom stereocenters. The molecule has 0 aromatic heterocycles. The summed E-state index contributed by atoms with van der Waals surface area (Å²) in [6.07, 6.45) is 0. The molecule has 1 aliphatic heterocycles. The van der Waals surface area contributed by atoms with Gasteiger partial charge >= 0.3 is 0 Å². The van der Waals surface area contributed by atoms with Gasteiger partial charge in [0.15, 0.2) is 6.61 Å². The molecule has 156 valence electrons. The first-order valence-electron chi connectivity index (χ1n) is 9.74. The lowest BCUT2D eigenvalue weighted by Gasteiger charge is -2.34. The van der Waals surface area contributed by atoms with E-state index in [0.29, 0.717) is 23.7 Å². The minimum atomic E-state index is -3.59. The molecule has 2 aromatic rings. The van der Waals surface area contributed by atoms with Crippen LogP contribution in [-0.2, 0) is 14.8 Å². The number of benzene rings is 2. The van der Waals surface area contributed by atoms with Gasteiger partial charge in [0.05, 0.1) is 4.90 Å². The fraction of sp³-hybridized carbons (Fsp3) is 0.409. The third kappa shape index (κ3) is 4.79. The van der Waals surface area contributed by atoms with Gasteiger partial charge in [-0.05, 0) is 56.5 Å². The van der Waals surface area contributed by atoms with Crippen molar-refractivity contribution in [1.82, 2.24) is 9.21 Å². The van der Waals surface area contributed by atoms with Gasteiger partial charge in [-0.15, -0.1) is 0 Å². The zero-order valence-electron chi connectivity index (χ0n) is 17.4. The second-order valence-electron chi connectivity index (χ2n) is 7.62. The predicted octanol–water partition coefficient (Wildman–Crippen LogP) is 2.83. The molecule has 6 nitrogen and oxygen atoms in total. The molecule has 1 aliphatic rings. The Morgan fingerprint density at radius 2 is 1.55 bits per heavy atom. The summed E-state index contributed by atoms with van der Waals surface area (Å²) in [7, 11) is -3.59. The molecule has 2 aromatic carbocycles. The molecule has 7 heteroatoms. The summed E-state index contributed by atoms with van der Waals surface area (Å²) < 4.78 is 33.4. The molecule has 0 N–H and O–H groups in total. The van der Waals surface area contributed by atoms with Crippen molar-refractivity contribution in [3.63, 3.8) is 0 Å². The van der Waals surface area contributed by atoms with Gasteiger partial charge in [0.1, 0.15) is 5.75 Å². The van der Waals surface area contributed by atoms with Crippen LogP contribution < -0.4 is 4.74 Å². The Bertz CT molecular complexity index is 986. The quantitative estimate of drug-likeness (QED) is 0.752. The van der Waals surface area contributed by atoms with Gasteiger partial charge < -0.3 is 9.64 Å². The Labute approximate surface area is 173 Å². The van der Waals surface area contributed by atoms with E-state index >= 15 is 0 Å². The Morgan fingerprint density at radius 3 is 2.14 bits per heavy atom. The predicted molar refractivity (Wildman–Crippen MR) is 113 cm³/mol. The molecule has 1 fully saturated rings. The topological polar surface area (TPSA) is 66.9 Å². The van der Waals surface area contributed by atoms with Crippen LogP contribution in [-0.4, -0.2) is 56.3 Å². The summed E-state index contributed by atoms with van der Waals surface area (Å²) in [6.45, 7) is 8.82. The first-order chi connectivity index (χ1) is 13.7. The maximum atomic E-state index is 13.2. The van der Waals surface area contributed by atoms with Crippen molar-refractivity contribution in [3.8, 4) is 5.75 Å². The summed E-state index contributed by atoms with van der Waals surface area (Å²) in [5, 5.41) is 0. The number of carbonyl (C=O) groups is 1. The molecule has 0 saturated carbocycles. The van der Waals surface area contributed by atoms with Crippen molar-refractivity contribution in [3.05, 3.63) is 58.7 Å². The zero-order valence-corrected chi connectivity index (χ0v) is 18.3. The number of sulfonamides is 1. The van der Waals surface area contributed by atoms with Crippen molar-refractivity contribution >= 4 is 15.9 Å². The van der Waals surface area contributed by atoms with E-state index < -0.39 is 10.0 Å². The molecule has 1 saturated heterocycles. The number of piperazine rings is 1. The average molecular weight is 417 g/mol. The average Bonchev–Trinajstić information content (AvgIpc) is 2.65. The summed E-state index contributed by atoms with van der Waals surface area (Å²) in [5.41, 5.74) is 3.62. The molecule has 0 unspecified atom stereocenters. The Kier molecular flexibility index (Phi) is 6.29. The standard InChI is InChI=1S/C22H28N2O4S/c1-16-6-5-7-20(14-16)28-15-21(25)23-8-10-24(11-9-23)29(26,27)22-18(3)12-17(2)13-19(22)4/h5-7,12-14H,8-11,15H2,1-4H3. The molecule has 0 aliphatic carbocycles. The van der Waals surface area contributed by atoms with E-state index in [9.17, 15) is 13.2 Å². The number of amides is 1. The first kappa shape index (κ1) is 21.3. The highest BCUT2D eigenvalue weighted by molar-refractivity contribution is 7.89. The minimum absolute atomic E-state index is 0.0492. The summed E-state index contributed by atoms with van der Waals surface area (Å²) >= 11 is 0. The molecular weight excluding hydrogens is 388 g/mol. The van der Waals surface area contributed by atoms with Crippen molar-refractivity contribution in [2.24, 2.45) is 0 Å². The van der Waals surface area contributed by atoms with Crippen molar-refractivity contribution < 1.29 is 17.9 Å². The Morgan fingerprint density at radius 1 is 0.931 bits per heavy atom. The van der Waals surface area contributed by atoms with Gasteiger partial charge in [-0.1, -0.05) is 29.8 Å². The lowest BCUT2D eigenvalue weighted by Crippen LogP contribution is -2.51. The van der Waals surface area contributed by atoms with E-state index in [0.717, 1.165) is 22.3 Å². The number of carbonyl (C=O) groups excluding carboxylic acids is 1. The number of hydrogen-bond donors (Lipinski definition) is 0. The minimum Gasteiger partial charge on any atom is -0.484 e. The normalized spacial score (nSPS) is 15.4. The third-order valence-electron chi connectivity index (χ3n) is 5.15. The van der Waals surface area contributed by atoms with Crippen LogP contribution in [0.1, 0.15) is 22.3 Å². The van der Waals surface area contributed by atoms with E-state index in [4.69, 9.17) is 4.74 Å². The van der Waals surface area contributed by atoms with Gasteiger partial charge in [0.2, 0.25) is 10.0 Å². The van der Waals surface area contributed by atoms with Gasteiger partial charge in [0.25, 0.3) is 5.91 Å². The van der Waals surface area contributed by atoms with Crippen LogP contribution >= 0.6 is 0 Å². The van der Waals surface area contributed by atoms with Crippen LogP contribution in [0, 0.1) is 27.7 Å². The van der Waals surface area contributed by atoms with Crippen LogP contribution in [0.2, 0.25) is 0 Å². The van der Waals surface area contributed by atoms with Gasteiger partial charge in [-0.3, -0.25) is 4.79 Å². The van der Waals surface area contributed by atoms with Gasteiger partial charge in [-0.2, -0.15) is 4.31 Å². The smallest absolute Gasteiger partial charge is 0.260 e. The van der Waals surface area contributed by atoms with E-state index in [1.807, 2.05) is 64.1 Å². The molecule has 0 spiro atoms. The van der Waals surface area contributed by atoms with Crippen molar-refractivity contribution in [2.75, 3.05) is 32.8 Å². The van der Waals surface area contributed by atoms with Gasteiger partial charge in [0, 0.05) is 26.2 Å². The summed E-state index contributed by atoms with van der Waals surface area (Å²) in [5.74, 6) is 0.524. The Hall–Kier alpha value is -2.38. The highest BCUT2D eigenvalue weighted by Crippen LogP contribution is 2.26. The summed E-state index contributed by atoms with van der Waals surface area (Å²) in [4.78, 5) is 14.5. The van der Waals surface area contributed by atoms with Crippen LogP contribution in [0.5, 0.6) is 5.75 Å². The highest BCUT2D eigenvalue weighted by Gasteiger charge is 2.32. The SMILES string of the molecule is Cc1cccc(OCC(=O)N2CCN(S(=O)(=O)c3c(C)cc(C)cc3C)CC2)c1. The number of aryl methyl sites for hydroxylation is 4. The monoisotopic (exact) mass is 416 g/mol. The fourth-order valence-electron chi connectivity index (χ4n) is 3.82. The van der Waals surface area contributed by atoms with E-state index in [1.165, 1.54) is 4.31 Å². The van der Waals surface area contributed by atoms with Crippen LogP contribution in [0.4, 0.5) is 0 Å². The van der Waals surface area contributed by atoms with E-state index in [1.54, 1.807) is 4.90 Å². The number of ether oxygens (including phenoxy) is 1.